The Labute approximate surface area is 189 Å². The summed E-state index contributed by atoms with van der Waals surface area (Å²) in [4.78, 5) is 16.9. The number of hydrogen-bond acceptors (Lipinski definition) is 5. The van der Waals surface area contributed by atoms with Crippen molar-refractivity contribution in [2.24, 2.45) is 0 Å². The van der Waals surface area contributed by atoms with Gasteiger partial charge in [0.15, 0.2) is 6.10 Å². The summed E-state index contributed by atoms with van der Waals surface area (Å²) < 4.78 is 30.3. The van der Waals surface area contributed by atoms with Gasteiger partial charge < -0.3 is 14.5 Å². The Bertz CT molecular complexity index is 1040. The highest BCUT2D eigenvalue weighted by Crippen LogP contribution is 2.26. The molecule has 7 nitrogen and oxygen atoms in total. The van der Waals surface area contributed by atoms with Crippen molar-refractivity contribution in [1.82, 2.24) is 4.90 Å². The van der Waals surface area contributed by atoms with Crippen LogP contribution in [0.4, 0.5) is 11.4 Å². The van der Waals surface area contributed by atoms with Crippen molar-refractivity contribution in [2.75, 3.05) is 48.7 Å². The number of aryl methyl sites for hydroxylation is 1. The molecule has 0 unspecified atom stereocenters. The van der Waals surface area contributed by atoms with Crippen LogP contribution in [0.3, 0.4) is 0 Å². The van der Waals surface area contributed by atoms with Gasteiger partial charge in [0.2, 0.25) is 10.0 Å². The lowest BCUT2D eigenvalue weighted by Crippen LogP contribution is -2.52. The molecule has 0 radical (unpaired) electrons. The molecule has 0 spiro atoms. The van der Waals surface area contributed by atoms with Gasteiger partial charge in [-0.15, -0.1) is 0 Å². The molecular formula is C22H28ClN3O4S. The molecule has 1 saturated heterocycles. The van der Waals surface area contributed by atoms with Gasteiger partial charge in [-0.2, -0.15) is 0 Å². The van der Waals surface area contributed by atoms with Crippen LogP contribution < -0.4 is 13.9 Å². The summed E-state index contributed by atoms with van der Waals surface area (Å²) in [6.45, 7) is 6.45. The third kappa shape index (κ3) is 5.62. The second-order valence-corrected chi connectivity index (χ2v) is 10.2. The molecule has 9 heteroatoms. The maximum Gasteiger partial charge on any atom is 0.263 e. The SMILES string of the molecule is Cc1ccc(Cl)cc1N1CCN(C(=O)[C@@H](C)Oc2ccc(N(C)S(C)(=O)=O)cc2)CC1. The van der Waals surface area contributed by atoms with Gasteiger partial charge in [0.1, 0.15) is 5.75 Å². The maximum atomic E-state index is 12.8. The summed E-state index contributed by atoms with van der Waals surface area (Å²) in [5.74, 6) is 0.444. The molecular weight excluding hydrogens is 438 g/mol. The first-order valence-corrected chi connectivity index (χ1v) is 12.3. The summed E-state index contributed by atoms with van der Waals surface area (Å²) in [5.41, 5.74) is 2.79. The molecule has 1 fully saturated rings. The smallest absolute Gasteiger partial charge is 0.263 e. The van der Waals surface area contributed by atoms with Crippen LogP contribution in [0.2, 0.25) is 5.02 Å². The number of halogens is 1. The molecule has 1 atom stereocenters. The van der Waals surface area contributed by atoms with Crippen LogP contribution in [-0.2, 0) is 14.8 Å². The zero-order valence-corrected chi connectivity index (χ0v) is 19.8. The number of ether oxygens (including phenoxy) is 1. The molecule has 168 valence electrons. The molecule has 2 aromatic rings. The Morgan fingerprint density at radius 3 is 2.29 bits per heavy atom. The number of nitrogens with zero attached hydrogens (tertiary/aromatic N) is 3. The van der Waals surface area contributed by atoms with E-state index in [0.29, 0.717) is 29.5 Å². The van der Waals surface area contributed by atoms with E-state index < -0.39 is 16.1 Å². The molecule has 1 aliphatic rings. The van der Waals surface area contributed by atoms with E-state index in [4.69, 9.17) is 16.3 Å². The second-order valence-electron chi connectivity index (χ2n) is 7.73. The van der Waals surface area contributed by atoms with Gasteiger partial charge in [-0.05, 0) is 55.8 Å². The van der Waals surface area contributed by atoms with Crippen LogP contribution in [0.5, 0.6) is 5.75 Å². The molecule has 1 heterocycles. The highest BCUT2D eigenvalue weighted by molar-refractivity contribution is 7.92. The number of benzene rings is 2. The number of carbonyl (C=O) groups is 1. The fourth-order valence-electron chi connectivity index (χ4n) is 3.53. The van der Waals surface area contributed by atoms with Crippen LogP contribution in [0.15, 0.2) is 42.5 Å². The first-order chi connectivity index (χ1) is 14.6. The van der Waals surface area contributed by atoms with Crippen molar-refractivity contribution in [1.29, 1.82) is 0 Å². The topological polar surface area (TPSA) is 70.2 Å². The third-order valence-electron chi connectivity index (χ3n) is 5.46. The lowest BCUT2D eigenvalue weighted by atomic mass is 10.1. The van der Waals surface area contributed by atoms with E-state index in [9.17, 15) is 13.2 Å². The summed E-state index contributed by atoms with van der Waals surface area (Å²) in [5, 5.41) is 0.704. The Balaban J connectivity index is 1.57. The average Bonchev–Trinajstić information content (AvgIpc) is 2.74. The monoisotopic (exact) mass is 465 g/mol. The fraction of sp³-hybridized carbons (Fsp3) is 0.409. The van der Waals surface area contributed by atoms with Gasteiger partial charge in [-0.25, -0.2) is 8.42 Å². The van der Waals surface area contributed by atoms with Crippen molar-refractivity contribution in [3.8, 4) is 5.75 Å². The second kappa shape index (κ2) is 9.36. The summed E-state index contributed by atoms with van der Waals surface area (Å²) >= 11 is 6.14. The van der Waals surface area contributed by atoms with E-state index in [1.165, 1.54) is 11.4 Å². The maximum absolute atomic E-state index is 12.8. The largest absolute Gasteiger partial charge is 0.481 e. The van der Waals surface area contributed by atoms with E-state index in [0.717, 1.165) is 30.6 Å². The predicted octanol–water partition coefficient (Wildman–Crippen LogP) is 3.16. The first-order valence-electron chi connectivity index (χ1n) is 10.1. The van der Waals surface area contributed by atoms with Crippen LogP contribution in [0, 0.1) is 6.92 Å². The molecule has 0 bridgehead atoms. The zero-order valence-electron chi connectivity index (χ0n) is 18.2. The molecule has 3 rings (SSSR count). The van der Waals surface area contributed by atoms with Crippen molar-refractivity contribution in [3.63, 3.8) is 0 Å². The lowest BCUT2D eigenvalue weighted by Gasteiger charge is -2.37. The normalized spacial score (nSPS) is 15.5. The van der Waals surface area contributed by atoms with Gasteiger partial charge in [-0.1, -0.05) is 17.7 Å². The zero-order chi connectivity index (χ0) is 22.8. The Kier molecular flexibility index (Phi) is 7.01. The number of carbonyl (C=O) groups excluding carboxylic acids is 1. The number of anilines is 2. The van der Waals surface area contributed by atoms with Crippen LogP contribution in [-0.4, -0.2) is 64.8 Å². The molecule has 0 N–H and O–H groups in total. The summed E-state index contributed by atoms with van der Waals surface area (Å²) in [6, 6.07) is 12.5. The van der Waals surface area contributed by atoms with Crippen LogP contribution >= 0.6 is 11.6 Å². The number of amides is 1. The van der Waals surface area contributed by atoms with Crippen molar-refractivity contribution < 1.29 is 17.9 Å². The number of sulfonamides is 1. The molecule has 0 aromatic heterocycles. The van der Waals surface area contributed by atoms with Gasteiger partial charge in [0.05, 0.1) is 11.9 Å². The van der Waals surface area contributed by atoms with E-state index in [1.807, 2.05) is 23.1 Å². The quantitative estimate of drug-likeness (QED) is 0.655. The number of piperazine rings is 1. The molecule has 1 aliphatic heterocycles. The minimum absolute atomic E-state index is 0.0696. The third-order valence-corrected chi connectivity index (χ3v) is 6.90. The highest BCUT2D eigenvalue weighted by atomic mass is 35.5. The highest BCUT2D eigenvalue weighted by Gasteiger charge is 2.26. The first kappa shape index (κ1) is 23.2. The van der Waals surface area contributed by atoms with E-state index in [1.54, 1.807) is 31.2 Å². The molecule has 0 saturated carbocycles. The fourth-order valence-corrected chi connectivity index (χ4v) is 4.20. The Hall–Kier alpha value is -2.45. The number of hydrogen-bond donors (Lipinski definition) is 0. The molecule has 31 heavy (non-hydrogen) atoms. The Morgan fingerprint density at radius 2 is 1.71 bits per heavy atom. The Morgan fingerprint density at radius 1 is 1.10 bits per heavy atom. The van der Waals surface area contributed by atoms with Gasteiger partial charge in [-0.3, -0.25) is 9.10 Å². The predicted molar refractivity (Wildman–Crippen MR) is 125 cm³/mol. The van der Waals surface area contributed by atoms with Gasteiger partial charge in [0, 0.05) is 43.9 Å². The lowest BCUT2D eigenvalue weighted by molar-refractivity contribution is -0.138. The van der Waals surface area contributed by atoms with Crippen LogP contribution in [0.25, 0.3) is 0 Å². The molecule has 2 aromatic carbocycles. The van der Waals surface area contributed by atoms with E-state index >= 15 is 0 Å². The summed E-state index contributed by atoms with van der Waals surface area (Å²) in [7, 11) is -1.84. The molecule has 1 amide bonds. The van der Waals surface area contributed by atoms with Gasteiger partial charge >= 0.3 is 0 Å². The van der Waals surface area contributed by atoms with Gasteiger partial charge in [0.25, 0.3) is 5.91 Å². The van der Waals surface area contributed by atoms with Crippen molar-refractivity contribution in [2.45, 2.75) is 20.0 Å². The number of rotatable bonds is 6. The molecule has 0 aliphatic carbocycles. The summed E-state index contributed by atoms with van der Waals surface area (Å²) in [6.07, 6.45) is 0.504. The minimum atomic E-state index is -3.33. The van der Waals surface area contributed by atoms with Crippen molar-refractivity contribution in [3.05, 3.63) is 53.1 Å². The van der Waals surface area contributed by atoms with E-state index in [-0.39, 0.29) is 5.91 Å². The van der Waals surface area contributed by atoms with Crippen LogP contribution in [0.1, 0.15) is 12.5 Å². The van der Waals surface area contributed by atoms with E-state index in [2.05, 4.69) is 11.8 Å². The average molecular weight is 466 g/mol. The van der Waals surface area contributed by atoms with Crippen molar-refractivity contribution >= 4 is 38.9 Å². The minimum Gasteiger partial charge on any atom is -0.481 e. The standard InChI is InChI=1S/C22H28ClN3O4S/c1-16-5-6-18(23)15-21(16)25-11-13-26(14-12-25)22(27)17(2)30-20-9-7-19(8-10-20)24(3)31(4,28)29/h5-10,15,17H,11-14H2,1-4H3/t17-/m1/s1.